The number of benzene rings is 1. The third kappa shape index (κ3) is 5.72. The molecule has 0 saturated heterocycles. The van der Waals surface area contributed by atoms with Crippen molar-refractivity contribution in [2.75, 3.05) is 13.7 Å². The number of nitrogens with one attached hydrogen (secondary N) is 1. The number of carbonyl (C=O) groups is 2. The lowest BCUT2D eigenvalue weighted by Gasteiger charge is -2.17. The van der Waals surface area contributed by atoms with E-state index in [0.29, 0.717) is 12.2 Å². The lowest BCUT2D eigenvalue weighted by molar-refractivity contribution is -0.142. The van der Waals surface area contributed by atoms with Crippen LogP contribution < -0.4 is 5.32 Å². The number of esters is 1. The number of hydrogen-bond acceptors (Lipinski definition) is 5. The van der Waals surface area contributed by atoms with E-state index in [2.05, 4.69) is 10.1 Å². The van der Waals surface area contributed by atoms with E-state index in [9.17, 15) is 14.7 Å². The van der Waals surface area contributed by atoms with Gasteiger partial charge in [-0.3, -0.25) is 0 Å². The zero-order valence-electron chi connectivity index (χ0n) is 12.3. The van der Waals surface area contributed by atoms with Gasteiger partial charge in [-0.1, -0.05) is 31.5 Å². The Morgan fingerprint density at radius 2 is 2.05 bits per heavy atom. The van der Waals surface area contributed by atoms with Crippen LogP contribution in [0.2, 0.25) is 0 Å². The van der Waals surface area contributed by atoms with Crippen molar-refractivity contribution in [1.29, 1.82) is 0 Å². The van der Waals surface area contributed by atoms with Crippen molar-refractivity contribution in [2.24, 2.45) is 0 Å². The number of rotatable bonds is 7. The molecule has 6 nitrogen and oxygen atoms in total. The van der Waals surface area contributed by atoms with Crippen LogP contribution in [0.5, 0.6) is 5.75 Å². The van der Waals surface area contributed by atoms with E-state index in [0.717, 1.165) is 12.8 Å². The summed E-state index contributed by atoms with van der Waals surface area (Å²) in [6.45, 7) is 2.28. The summed E-state index contributed by atoms with van der Waals surface area (Å²) in [5.41, 5.74) is 0.543. The predicted octanol–water partition coefficient (Wildman–Crippen LogP) is 2.00. The highest BCUT2D eigenvalue weighted by Gasteiger charge is 2.23. The smallest absolute Gasteiger partial charge is 0.407 e. The van der Waals surface area contributed by atoms with Crippen LogP contribution in [0.4, 0.5) is 4.79 Å². The molecular formula is C15H21NO5. The fourth-order valence-electron chi connectivity index (χ4n) is 1.73. The molecule has 1 amide bonds. The third-order valence-electron chi connectivity index (χ3n) is 2.92. The standard InChI is InChI=1S/C15H21NO5/c1-3-4-9-21-15(19)16-12(14(18)20-2)10-11-7-5-6-8-13(11)17/h5-8,12,17H,3-4,9-10H2,1-2H3,(H,16,19). The van der Waals surface area contributed by atoms with Crippen LogP contribution in [-0.2, 0) is 20.7 Å². The van der Waals surface area contributed by atoms with E-state index < -0.39 is 18.1 Å². The normalized spacial score (nSPS) is 11.5. The Morgan fingerprint density at radius 3 is 2.67 bits per heavy atom. The van der Waals surface area contributed by atoms with E-state index in [1.54, 1.807) is 18.2 Å². The van der Waals surface area contributed by atoms with Gasteiger partial charge in [-0.2, -0.15) is 0 Å². The first kappa shape index (κ1) is 16.8. The van der Waals surface area contributed by atoms with Crippen LogP contribution in [0.1, 0.15) is 25.3 Å². The molecule has 116 valence electrons. The van der Waals surface area contributed by atoms with Gasteiger partial charge in [-0.25, -0.2) is 9.59 Å². The molecule has 0 aliphatic carbocycles. The Morgan fingerprint density at radius 1 is 1.33 bits per heavy atom. The average molecular weight is 295 g/mol. The number of para-hydroxylation sites is 1. The van der Waals surface area contributed by atoms with E-state index in [1.165, 1.54) is 13.2 Å². The maximum absolute atomic E-state index is 11.7. The Labute approximate surface area is 124 Å². The van der Waals surface area contributed by atoms with Gasteiger partial charge in [0.25, 0.3) is 0 Å². The van der Waals surface area contributed by atoms with Gasteiger partial charge in [0.1, 0.15) is 11.8 Å². The van der Waals surface area contributed by atoms with Gasteiger partial charge in [-0.05, 0) is 18.1 Å². The Bertz CT molecular complexity index is 475. The second kappa shape index (κ2) is 8.84. The van der Waals surface area contributed by atoms with Crippen molar-refractivity contribution in [3.63, 3.8) is 0 Å². The van der Waals surface area contributed by atoms with Crippen molar-refractivity contribution in [3.05, 3.63) is 29.8 Å². The molecule has 0 aromatic heterocycles. The Hall–Kier alpha value is -2.24. The fraction of sp³-hybridized carbons (Fsp3) is 0.467. The number of alkyl carbamates (subject to hydrolysis) is 1. The molecule has 0 saturated carbocycles. The first-order chi connectivity index (χ1) is 10.1. The van der Waals surface area contributed by atoms with Crippen molar-refractivity contribution in [2.45, 2.75) is 32.2 Å². The lowest BCUT2D eigenvalue weighted by atomic mass is 10.1. The predicted molar refractivity (Wildman–Crippen MR) is 77.0 cm³/mol. The van der Waals surface area contributed by atoms with Gasteiger partial charge in [0.05, 0.1) is 13.7 Å². The van der Waals surface area contributed by atoms with E-state index in [1.807, 2.05) is 6.92 Å². The summed E-state index contributed by atoms with van der Waals surface area (Å²) in [6, 6.07) is 5.71. The minimum Gasteiger partial charge on any atom is -0.508 e. The molecule has 1 aromatic carbocycles. The van der Waals surface area contributed by atoms with Crippen LogP contribution in [0, 0.1) is 0 Å². The molecule has 0 radical (unpaired) electrons. The SMILES string of the molecule is CCCCOC(=O)NC(Cc1ccccc1O)C(=O)OC. The molecule has 1 atom stereocenters. The van der Waals surface area contributed by atoms with E-state index in [4.69, 9.17) is 4.74 Å². The minimum absolute atomic E-state index is 0.0625. The molecule has 0 aliphatic rings. The summed E-state index contributed by atoms with van der Waals surface area (Å²) >= 11 is 0. The molecule has 1 rings (SSSR count). The number of methoxy groups -OCH3 is 1. The highest BCUT2D eigenvalue weighted by atomic mass is 16.6. The van der Waals surface area contributed by atoms with Gasteiger partial charge in [0.15, 0.2) is 0 Å². The van der Waals surface area contributed by atoms with Crippen LogP contribution in [0.3, 0.4) is 0 Å². The largest absolute Gasteiger partial charge is 0.508 e. The number of amides is 1. The van der Waals surface area contributed by atoms with Crippen LogP contribution in [0.15, 0.2) is 24.3 Å². The summed E-state index contributed by atoms with van der Waals surface area (Å²) in [5, 5.41) is 12.2. The van der Waals surface area contributed by atoms with E-state index in [-0.39, 0.29) is 12.2 Å². The molecule has 21 heavy (non-hydrogen) atoms. The highest BCUT2D eigenvalue weighted by molar-refractivity contribution is 5.81. The van der Waals surface area contributed by atoms with Gasteiger partial charge in [0.2, 0.25) is 0 Å². The van der Waals surface area contributed by atoms with Gasteiger partial charge < -0.3 is 19.9 Å². The van der Waals surface area contributed by atoms with Crippen LogP contribution >= 0.6 is 0 Å². The number of hydrogen-bond donors (Lipinski definition) is 2. The number of phenols is 1. The summed E-state index contributed by atoms with van der Waals surface area (Å²) in [4.78, 5) is 23.3. The number of phenolic OH excluding ortho intramolecular Hbond substituents is 1. The summed E-state index contributed by atoms with van der Waals surface area (Å²) in [7, 11) is 1.24. The molecule has 6 heteroatoms. The Balaban J connectivity index is 2.66. The van der Waals surface area contributed by atoms with Crippen molar-refractivity contribution in [1.82, 2.24) is 5.32 Å². The zero-order valence-corrected chi connectivity index (χ0v) is 12.3. The molecule has 0 fully saturated rings. The molecule has 1 unspecified atom stereocenters. The number of carbonyl (C=O) groups excluding carboxylic acids is 2. The second-order valence-corrected chi connectivity index (χ2v) is 4.54. The number of ether oxygens (including phenoxy) is 2. The maximum atomic E-state index is 11.7. The Kier molecular flexibility index (Phi) is 7.08. The van der Waals surface area contributed by atoms with Crippen molar-refractivity contribution >= 4 is 12.1 Å². The summed E-state index contributed by atoms with van der Waals surface area (Å²) < 4.78 is 9.62. The molecule has 0 heterocycles. The molecular weight excluding hydrogens is 274 g/mol. The molecule has 0 spiro atoms. The maximum Gasteiger partial charge on any atom is 0.407 e. The number of unbranched alkanes of at least 4 members (excludes halogenated alkanes) is 1. The first-order valence-electron chi connectivity index (χ1n) is 6.86. The zero-order chi connectivity index (χ0) is 15.7. The second-order valence-electron chi connectivity index (χ2n) is 4.54. The third-order valence-corrected chi connectivity index (χ3v) is 2.92. The molecule has 0 bridgehead atoms. The lowest BCUT2D eigenvalue weighted by Crippen LogP contribution is -2.43. The van der Waals surface area contributed by atoms with Gasteiger partial charge in [0, 0.05) is 6.42 Å². The van der Waals surface area contributed by atoms with Crippen molar-refractivity contribution < 1.29 is 24.2 Å². The monoisotopic (exact) mass is 295 g/mol. The molecule has 0 aliphatic heterocycles. The topological polar surface area (TPSA) is 84.9 Å². The number of aromatic hydroxyl groups is 1. The first-order valence-corrected chi connectivity index (χ1v) is 6.86. The fourth-order valence-corrected chi connectivity index (χ4v) is 1.73. The van der Waals surface area contributed by atoms with Gasteiger partial charge in [-0.15, -0.1) is 0 Å². The quantitative estimate of drug-likeness (QED) is 0.593. The van der Waals surface area contributed by atoms with E-state index >= 15 is 0 Å². The van der Waals surface area contributed by atoms with Crippen molar-refractivity contribution in [3.8, 4) is 5.75 Å². The van der Waals surface area contributed by atoms with Gasteiger partial charge >= 0.3 is 12.1 Å². The molecule has 1 aromatic rings. The highest BCUT2D eigenvalue weighted by Crippen LogP contribution is 2.17. The minimum atomic E-state index is -0.905. The summed E-state index contributed by atoms with van der Waals surface area (Å²) in [5.74, 6) is -0.529. The van der Waals surface area contributed by atoms with Crippen LogP contribution in [0.25, 0.3) is 0 Å². The summed E-state index contributed by atoms with van der Waals surface area (Å²) in [6.07, 6.45) is 1.12. The molecule has 2 N–H and O–H groups in total. The van der Waals surface area contributed by atoms with Crippen LogP contribution in [-0.4, -0.2) is 36.9 Å². The average Bonchev–Trinajstić information content (AvgIpc) is 2.48.